The summed E-state index contributed by atoms with van der Waals surface area (Å²) in [5.74, 6) is -1.53. The van der Waals surface area contributed by atoms with Gasteiger partial charge in [0.2, 0.25) is 11.6 Å². The first kappa shape index (κ1) is 9.93. The normalized spacial score (nSPS) is 15.6. The fraction of sp³-hybridized carbons (Fsp3) is 0.0909. The number of rotatable bonds is 0. The van der Waals surface area contributed by atoms with Crippen LogP contribution in [0, 0.1) is 0 Å². The van der Waals surface area contributed by atoms with Crippen LogP contribution in [0.15, 0.2) is 23.8 Å². The molecule has 0 bridgehead atoms. The second-order valence-corrected chi connectivity index (χ2v) is 3.70. The SMILES string of the molecule is CC1=C(O)c2cccc(Cl)c2C(=O)C1=O. The first-order valence-electron chi connectivity index (χ1n) is 4.31. The lowest BCUT2D eigenvalue weighted by Crippen LogP contribution is -2.23. The Kier molecular flexibility index (Phi) is 2.12. The number of aliphatic hydroxyl groups is 1. The van der Waals surface area contributed by atoms with Crippen LogP contribution in [0.2, 0.25) is 5.02 Å². The number of hydrogen-bond acceptors (Lipinski definition) is 3. The van der Waals surface area contributed by atoms with Gasteiger partial charge in [-0.1, -0.05) is 23.7 Å². The average Bonchev–Trinajstić information content (AvgIpc) is 2.23. The Morgan fingerprint density at radius 2 is 1.87 bits per heavy atom. The summed E-state index contributed by atoms with van der Waals surface area (Å²) in [6.07, 6.45) is 0. The van der Waals surface area contributed by atoms with Gasteiger partial charge in [0.05, 0.1) is 10.6 Å². The van der Waals surface area contributed by atoms with Gasteiger partial charge in [-0.25, -0.2) is 0 Å². The molecule has 0 spiro atoms. The Hall–Kier alpha value is -1.61. The number of Topliss-reactive ketones (excluding diaryl/α,β-unsaturated/α-hetero) is 2. The molecule has 0 heterocycles. The van der Waals surface area contributed by atoms with Gasteiger partial charge in [-0.05, 0) is 13.0 Å². The second-order valence-electron chi connectivity index (χ2n) is 3.29. The van der Waals surface area contributed by atoms with E-state index in [1.807, 2.05) is 0 Å². The monoisotopic (exact) mass is 222 g/mol. The van der Waals surface area contributed by atoms with Crippen molar-refractivity contribution in [1.29, 1.82) is 0 Å². The van der Waals surface area contributed by atoms with Crippen molar-refractivity contribution in [2.75, 3.05) is 0 Å². The zero-order valence-corrected chi connectivity index (χ0v) is 8.63. The van der Waals surface area contributed by atoms with E-state index >= 15 is 0 Å². The Balaban J connectivity index is 2.84. The van der Waals surface area contributed by atoms with Crippen LogP contribution in [-0.2, 0) is 4.79 Å². The number of carbonyl (C=O) groups is 2. The number of benzene rings is 1. The molecular formula is C11H7ClO3. The van der Waals surface area contributed by atoms with Crippen LogP contribution in [0.3, 0.4) is 0 Å². The minimum Gasteiger partial charge on any atom is -0.507 e. The highest BCUT2D eigenvalue weighted by Crippen LogP contribution is 2.31. The summed E-state index contributed by atoms with van der Waals surface area (Å²) in [7, 11) is 0. The number of hydrogen-bond donors (Lipinski definition) is 1. The molecule has 0 unspecified atom stereocenters. The van der Waals surface area contributed by atoms with Crippen molar-refractivity contribution in [3.05, 3.63) is 39.9 Å². The summed E-state index contributed by atoms with van der Waals surface area (Å²) in [6.45, 7) is 1.42. The van der Waals surface area contributed by atoms with E-state index in [0.29, 0.717) is 5.56 Å². The van der Waals surface area contributed by atoms with E-state index in [1.54, 1.807) is 12.1 Å². The minimum atomic E-state index is -0.701. The second kappa shape index (κ2) is 3.21. The number of ketones is 2. The third-order valence-electron chi connectivity index (χ3n) is 2.40. The summed E-state index contributed by atoms with van der Waals surface area (Å²) in [5, 5.41) is 9.88. The van der Waals surface area contributed by atoms with Gasteiger partial charge in [-0.3, -0.25) is 9.59 Å². The zero-order valence-electron chi connectivity index (χ0n) is 7.87. The molecule has 0 saturated heterocycles. The average molecular weight is 223 g/mol. The molecular weight excluding hydrogens is 216 g/mol. The summed E-state index contributed by atoms with van der Waals surface area (Å²) < 4.78 is 0. The van der Waals surface area contributed by atoms with Crippen molar-refractivity contribution >= 4 is 28.9 Å². The highest BCUT2D eigenvalue weighted by Gasteiger charge is 2.31. The fourth-order valence-corrected chi connectivity index (χ4v) is 1.81. The maximum Gasteiger partial charge on any atom is 0.235 e. The summed E-state index contributed by atoms with van der Waals surface area (Å²) in [6, 6.07) is 4.69. The minimum absolute atomic E-state index is 0.0646. The molecule has 1 N–H and O–H groups in total. The van der Waals surface area contributed by atoms with Crippen molar-refractivity contribution < 1.29 is 14.7 Å². The molecule has 0 fully saturated rings. The third kappa shape index (κ3) is 1.27. The number of allylic oxidation sites excluding steroid dienone is 1. The molecule has 2 rings (SSSR count). The van der Waals surface area contributed by atoms with E-state index in [9.17, 15) is 14.7 Å². The molecule has 0 amide bonds. The lowest BCUT2D eigenvalue weighted by atomic mass is 9.89. The summed E-state index contributed by atoms with van der Waals surface area (Å²) in [5.41, 5.74) is 0.478. The largest absolute Gasteiger partial charge is 0.507 e. The smallest absolute Gasteiger partial charge is 0.235 e. The van der Waals surface area contributed by atoms with Gasteiger partial charge in [0.1, 0.15) is 5.76 Å². The van der Waals surface area contributed by atoms with Crippen LogP contribution in [0.25, 0.3) is 5.76 Å². The molecule has 3 nitrogen and oxygen atoms in total. The van der Waals surface area contributed by atoms with Gasteiger partial charge >= 0.3 is 0 Å². The zero-order chi connectivity index (χ0) is 11.2. The lowest BCUT2D eigenvalue weighted by Gasteiger charge is -2.16. The van der Waals surface area contributed by atoms with Gasteiger partial charge in [0.25, 0.3) is 0 Å². The fourth-order valence-electron chi connectivity index (χ4n) is 1.55. The van der Waals surface area contributed by atoms with Crippen LogP contribution in [0.5, 0.6) is 0 Å². The van der Waals surface area contributed by atoms with Crippen molar-refractivity contribution in [3.63, 3.8) is 0 Å². The van der Waals surface area contributed by atoms with Crippen molar-refractivity contribution in [3.8, 4) is 0 Å². The van der Waals surface area contributed by atoms with Gasteiger partial charge in [-0.15, -0.1) is 0 Å². The summed E-state index contributed by atoms with van der Waals surface area (Å²) in [4.78, 5) is 23.0. The molecule has 0 aliphatic heterocycles. The van der Waals surface area contributed by atoms with Crippen molar-refractivity contribution in [2.45, 2.75) is 6.92 Å². The van der Waals surface area contributed by atoms with Crippen LogP contribution in [-0.4, -0.2) is 16.7 Å². The molecule has 1 aliphatic carbocycles. The third-order valence-corrected chi connectivity index (χ3v) is 2.71. The van der Waals surface area contributed by atoms with Gasteiger partial charge in [0.15, 0.2) is 0 Å². The maximum absolute atomic E-state index is 11.6. The molecule has 0 saturated carbocycles. The van der Waals surface area contributed by atoms with Gasteiger partial charge in [0, 0.05) is 11.1 Å². The Bertz CT molecular complexity index is 515. The van der Waals surface area contributed by atoms with E-state index in [-0.39, 0.29) is 21.9 Å². The first-order valence-corrected chi connectivity index (χ1v) is 4.69. The topological polar surface area (TPSA) is 54.4 Å². The van der Waals surface area contributed by atoms with E-state index in [2.05, 4.69) is 0 Å². The first-order chi connectivity index (χ1) is 7.04. The number of carbonyl (C=O) groups excluding carboxylic acids is 2. The molecule has 1 aromatic rings. The quantitative estimate of drug-likeness (QED) is 0.686. The predicted octanol–water partition coefficient (Wildman–Crippen LogP) is 2.39. The molecule has 4 heteroatoms. The molecule has 1 aliphatic rings. The van der Waals surface area contributed by atoms with Crippen LogP contribution >= 0.6 is 11.6 Å². The molecule has 0 aromatic heterocycles. The highest BCUT2D eigenvalue weighted by atomic mass is 35.5. The molecule has 76 valence electrons. The molecule has 0 atom stereocenters. The van der Waals surface area contributed by atoms with Crippen molar-refractivity contribution in [2.24, 2.45) is 0 Å². The number of halogens is 1. The number of aliphatic hydroxyl groups excluding tert-OH is 1. The van der Waals surface area contributed by atoms with E-state index in [4.69, 9.17) is 11.6 Å². The molecule has 1 aromatic carbocycles. The van der Waals surface area contributed by atoms with Gasteiger partial charge < -0.3 is 5.11 Å². The number of fused-ring (bicyclic) bond motifs is 1. The summed E-state index contributed by atoms with van der Waals surface area (Å²) >= 11 is 5.81. The van der Waals surface area contributed by atoms with Gasteiger partial charge in [-0.2, -0.15) is 0 Å². The van der Waals surface area contributed by atoms with Crippen LogP contribution < -0.4 is 0 Å². The maximum atomic E-state index is 11.6. The van der Waals surface area contributed by atoms with E-state index in [0.717, 1.165) is 0 Å². The van der Waals surface area contributed by atoms with Crippen LogP contribution in [0.4, 0.5) is 0 Å². The lowest BCUT2D eigenvalue weighted by molar-refractivity contribution is -0.111. The van der Waals surface area contributed by atoms with Crippen LogP contribution in [0.1, 0.15) is 22.8 Å². The van der Waals surface area contributed by atoms with E-state index in [1.165, 1.54) is 13.0 Å². The predicted molar refractivity (Wildman–Crippen MR) is 56.0 cm³/mol. The van der Waals surface area contributed by atoms with Crippen molar-refractivity contribution in [1.82, 2.24) is 0 Å². The highest BCUT2D eigenvalue weighted by molar-refractivity contribution is 6.54. The Labute approximate surface area is 91.0 Å². The Morgan fingerprint density at radius 1 is 1.20 bits per heavy atom. The molecule has 15 heavy (non-hydrogen) atoms. The van der Waals surface area contributed by atoms with E-state index < -0.39 is 11.6 Å². The standard InChI is InChI=1S/C11H7ClO3/c1-5-9(13)6-3-2-4-7(12)8(6)11(15)10(5)14/h2-4,13H,1H3. The molecule has 0 radical (unpaired) electrons. The Morgan fingerprint density at radius 3 is 2.53 bits per heavy atom.